The molecule has 2 saturated carbocycles. The number of furan rings is 1. The van der Waals surface area contributed by atoms with Crippen molar-refractivity contribution in [2.75, 3.05) is 21.3 Å². The molecule has 0 radical (unpaired) electrons. The van der Waals surface area contributed by atoms with Gasteiger partial charge in [-0.1, -0.05) is 6.92 Å². The van der Waals surface area contributed by atoms with Crippen LogP contribution in [0.3, 0.4) is 0 Å². The second-order valence-electron chi connectivity index (χ2n) is 9.82. The van der Waals surface area contributed by atoms with Crippen LogP contribution < -0.4 is 0 Å². The van der Waals surface area contributed by atoms with Crippen LogP contribution in [0.15, 0.2) is 23.0 Å². The lowest BCUT2D eigenvalue weighted by Gasteiger charge is -2.60. The summed E-state index contributed by atoms with van der Waals surface area (Å²) in [6.07, 6.45) is 4.24. The maximum absolute atomic E-state index is 13.7. The Morgan fingerprint density at radius 1 is 1.09 bits per heavy atom. The molecule has 1 spiro atoms. The van der Waals surface area contributed by atoms with Crippen molar-refractivity contribution in [2.24, 2.45) is 28.6 Å². The summed E-state index contributed by atoms with van der Waals surface area (Å²) in [6, 6.07) is 1.87. The molecule has 3 fully saturated rings. The van der Waals surface area contributed by atoms with Gasteiger partial charge in [0.1, 0.15) is 12.0 Å². The van der Waals surface area contributed by atoms with Crippen LogP contribution in [0.2, 0.25) is 0 Å². The Labute approximate surface area is 199 Å². The normalized spacial score (nSPS) is 39.3. The van der Waals surface area contributed by atoms with Gasteiger partial charge < -0.3 is 28.1 Å². The van der Waals surface area contributed by atoms with Crippen molar-refractivity contribution in [1.29, 1.82) is 0 Å². The fourth-order valence-electron chi connectivity index (χ4n) is 7.25. The number of ether oxygens (including phenoxy) is 5. The van der Waals surface area contributed by atoms with E-state index in [9.17, 15) is 14.4 Å². The van der Waals surface area contributed by atoms with E-state index in [1.165, 1.54) is 21.1 Å². The molecule has 9 nitrogen and oxygen atoms in total. The van der Waals surface area contributed by atoms with E-state index in [2.05, 4.69) is 6.92 Å². The van der Waals surface area contributed by atoms with E-state index in [0.29, 0.717) is 32.1 Å². The molecule has 1 aromatic rings. The number of rotatable bonds is 5. The number of hydrogen-bond acceptors (Lipinski definition) is 9. The topological polar surface area (TPSA) is 111 Å². The molecule has 3 aliphatic rings. The zero-order chi connectivity index (χ0) is 24.7. The Hall–Kier alpha value is -2.39. The molecule has 9 heteroatoms. The molecule has 4 rings (SSSR count). The van der Waals surface area contributed by atoms with Crippen molar-refractivity contribution in [1.82, 2.24) is 0 Å². The smallest absolute Gasteiger partial charge is 0.313 e. The average Bonchev–Trinajstić information content (AvgIpc) is 3.49. The van der Waals surface area contributed by atoms with Crippen molar-refractivity contribution in [3.63, 3.8) is 0 Å². The van der Waals surface area contributed by atoms with E-state index < -0.39 is 47.0 Å². The van der Waals surface area contributed by atoms with Crippen LogP contribution in [0.5, 0.6) is 0 Å². The summed E-state index contributed by atoms with van der Waals surface area (Å²) < 4.78 is 33.7. The predicted octanol–water partition coefficient (Wildman–Crippen LogP) is 3.42. The minimum Gasteiger partial charge on any atom is -0.472 e. The van der Waals surface area contributed by atoms with Gasteiger partial charge in [0, 0.05) is 25.0 Å². The highest BCUT2D eigenvalue weighted by Crippen LogP contribution is 2.69. The van der Waals surface area contributed by atoms with Crippen LogP contribution in [-0.4, -0.2) is 51.6 Å². The Balaban J connectivity index is 1.86. The van der Waals surface area contributed by atoms with Crippen molar-refractivity contribution in [3.05, 3.63) is 24.2 Å². The van der Waals surface area contributed by atoms with Crippen LogP contribution in [0, 0.1) is 28.6 Å². The van der Waals surface area contributed by atoms with Crippen LogP contribution in [0.1, 0.15) is 57.6 Å². The highest BCUT2D eigenvalue weighted by molar-refractivity contribution is 5.87. The lowest BCUT2D eigenvalue weighted by Crippen LogP contribution is -2.66. The number of fused-ring (bicyclic) bond motifs is 2. The van der Waals surface area contributed by atoms with Gasteiger partial charge in [0.25, 0.3) is 0 Å². The second kappa shape index (κ2) is 9.34. The van der Waals surface area contributed by atoms with Gasteiger partial charge in [0.2, 0.25) is 0 Å². The maximum atomic E-state index is 13.7. The lowest BCUT2D eigenvalue weighted by molar-refractivity contribution is -0.246. The first-order chi connectivity index (χ1) is 16.3. The summed E-state index contributed by atoms with van der Waals surface area (Å²) in [5.41, 5.74) is -0.909. The van der Waals surface area contributed by atoms with Gasteiger partial charge in [0.05, 0.1) is 38.3 Å². The summed E-state index contributed by atoms with van der Waals surface area (Å²) in [5.74, 6) is -2.73. The minimum atomic E-state index is -1.24. The molecule has 188 valence electrons. The first-order valence-electron chi connectivity index (χ1n) is 11.8. The largest absolute Gasteiger partial charge is 0.472 e. The molecule has 8 atom stereocenters. The molecule has 0 aromatic carbocycles. The van der Waals surface area contributed by atoms with Crippen molar-refractivity contribution >= 4 is 17.9 Å². The lowest BCUT2D eigenvalue weighted by atomic mass is 9.43. The van der Waals surface area contributed by atoms with Crippen LogP contribution in [0.25, 0.3) is 0 Å². The number of hydrogen-bond donors (Lipinski definition) is 0. The monoisotopic (exact) mass is 478 g/mol. The third-order valence-corrected chi connectivity index (χ3v) is 8.58. The Morgan fingerprint density at radius 3 is 2.44 bits per heavy atom. The zero-order valence-corrected chi connectivity index (χ0v) is 20.4. The average molecular weight is 479 g/mol. The first kappa shape index (κ1) is 24.7. The molecule has 1 aromatic heterocycles. The number of carbonyl (C=O) groups excluding carboxylic acids is 3. The Bertz CT molecular complexity index is 911. The Morgan fingerprint density at radius 2 is 1.85 bits per heavy atom. The number of esters is 3. The fourth-order valence-corrected chi connectivity index (χ4v) is 7.25. The molecule has 1 aliphatic heterocycles. The molecule has 1 saturated heterocycles. The SMILES string of the molecule is COC(=O)[C@@H]1[C@H](OC(C)=O)CCC2[C@@]3(C[C@@H](c4ccoc4)O[C@@H]3OC)[C@H](C)CC[C@]21C(=O)OC. The van der Waals surface area contributed by atoms with E-state index in [1.807, 2.05) is 6.07 Å². The molecule has 0 N–H and O–H groups in total. The maximum Gasteiger partial charge on any atom is 0.313 e. The van der Waals surface area contributed by atoms with Crippen molar-refractivity contribution in [2.45, 2.75) is 64.4 Å². The quantitative estimate of drug-likeness (QED) is 0.464. The molecule has 34 heavy (non-hydrogen) atoms. The summed E-state index contributed by atoms with van der Waals surface area (Å²) in [4.78, 5) is 38.8. The molecule has 0 amide bonds. The van der Waals surface area contributed by atoms with Gasteiger partial charge in [-0.2, -0.15) is 0 Å². The van der Waals surface area contributed by atoms with Gasteiger partial charge in [-0.3, -0.25) is 14.4 Å². The predicted molar refractivity (Wildman–Crippen MR) is 117 cm³/mol. The summed E-state index contributed by atoms with van der Waals surface area (Å²) in [5, 5.41) is 0. The van der Waals surface area contributed by atoms with Crippen LogP contribution >= 0.6 is 0 Å². The molecular formula is C25H34O9. The van der Waals surface area contributed by atoms with Gasteiger partial charge in [-0.25, -0.2) is 0 Å². The second-order valence-corrected chi connectivity index (χ2v) is 9.82. The standard InChI is InChI=1S/C25H34O9/c1-14-8-10-24(22(28)30-4)19(7-6-17(33-15(2)26)20(24)21(27)29-3)25(14)12-18(34-23(25)31-5)16-9-11-32-13-16/h9,11,13-14,17-20,23H,6-8,10,12H2,1-5H3/t14-,17-,18+,19?,20+,23+,24+,25-/m1/s1. The molecular weight excluding hydrogens is 444 g/mol. The van der Waals surface area contributed by atoms with Crippen molar-refractivity contribution in [3.8, 4) is 0 Å². The fraction of sp³-hybridized carbons (Fsp3) is 0.720. The molecule has 2 aliphatic carbocycles. The van der Waals surface area contributed by atoms with Crippen molar-refractivity contribution < 1.29 is 42.5 Å². The molecule has 1 unspecified atom stereocenters. The van der Waals surface area contributed by atoms with Gasteiger partial charge in [0.15, 0.2) is 6.29 Å². The van der Waals surface area contributed by atoms with Gasteiger partial charge in [-0.05, 0) is 50.0 Å². The zero-order valence-electron chi connectivity index (χ0n) is 20.4. The van der Waals surface area contributed by atoms with E-state index >= 15 is 0 Å². The molecule has 0 bridgehead atoms. The summed E-state index contributed by atoms with van der Waals surface area (Å²) in [7, 11) is 4.22. The van der Waals surface area contributed by atoms with E-state index in [0.717, 1.165) is 5.56 Å². The first-order valence-corrected chi connectivity index (χ1v) is 11.8. The van der Waals surface area contributed by atoms with Crippen LogP contribution in [0.4, 0.5) is 0 Å². The summed E-state index contributed by atoms with van der Waals surface area (Å²) in [6.45, 7) is 3.45. The van der Waals surface area contributed by atoms with Gasteiger partial charge in [-0.15, -0.1) is 0 Å². The highest BCUT2D eigenvalue weighted by Gasteiger charge is 2.72. The third kappa shape index (κ3) is 3.55. The molecule has 2 heterocycles. The summed E-state index contributed by atoms with van der Waals surface area (Å²) >= 11 is 0. The highest BCUT2D eigenvalue weighted by atomic mass is 16.7. The number of methoxy groups -OCH3 is 3. The third-order valence-electron chi connectivity index (χ3n) is 8.58. The van der Waals surface area contributed by atoms with Crippen LogP contribution in [-0.2, 0) is 38.1 Å². The van der Waals surface area contributed by atoms with E-state index in [-0.39, 0.29) is 17.9 Å². The van der Waals surface area contributed by atoms with Gasteiger partial charge >= 0.3 is 17.9 Å². The van der Waals surface area contributed by atoms with E-state index in [1.54, 1.807) is 19.6 Å². The van der Waals surface area contributed by atoms with E-state index in [4.69, 9.17) is 28.1 Å². The Kier molecular flexibility index (Phi) is 6.79. The number of carbonyl (C=O) groups is 3. The minimum absolute atomic E-state index is 0.140.